The number of nitrogens with one attached hydrogen (secondary N) is 2. The molecule has 2 amide bonds. The van der Waals surface area contributed by atoms with Crippen molar-refractivity contribution >= 4 is 6.03 Å². The third kappa shape index (κ3) is 6.18. The standard InChI is InChI=1S/C21H32FN3O2/c1-16(15-25-11-3-2-4-12-25)14-23-21(26)24-20(19-6-5-13-27-19)17-7-9-18(22)10-8-17/h7-10,16,19-20H,2-6,11-15H2,1H3,(H2,23,24,26)/t16-,19-,20+/m1/s1. The average molecular weight is 378 g/mol. The van der Waals surface area contributed by atoms with Crippen molar-refractivity contribution in [1.29, 1.82) is 0 Å². The molecule has 2 fully saturated rings. The molecule has 3 atom stereocenters. The third-order valence-electron chi connectivity index (χ3n) is 5.48. The predicted octanol–water partition coefficient (Wildman–Crippen LogP) is 3.47. The van der Waals surface area contributed by atoms with Gasteiger partial charge in [-0.25, -0.2) is 9.18 Å². The number of hydrogen-bond donors (Lipinski definition) is 2. The van der Waals surface area contributed by atoms with E-state index < -0.39 is 0 Å². The van der Waals surface area contributed by atoms with Gasteiger partial charge in [0.2, 0.25) is 0 Å². The quantitative estimate of drug-likeness (QED) is 0.765. The number of carbonyl (C=O) groups is 1. The van der Waals surface area contributed by atoms with E-state index >= 15 is 0 Å². The number of amides is 2. The Bertz CT molecular complexity index is 584. The van der Waals surface area contributed by atoms with E-state index in [9.17, 15) is 9.18 Å². The maximum atomic E-state index is 13.3. The lowest BCUT2D eigenvalue weighted by Crippen LogP contribution is -2.44. The van der Waals surface area contributed by atoms with E-state index in [0.717, 1.165) is 24.9 Å². The van der Waals surface area contributed by atoms with Crippen LogP contribution in [-0.4, -0.2) is 49.8 Å². The van der Waals surface area contributed by atoms with Crippen LogP contribution in [0.5, 0.6) is 0 Å². The number of likely N-dealkylation sites (tertiary alicyclic amines) is 1. The number of benzene rings is 1. The molecule has 6 heteroatoms. The van der Waals surface area contributed by atoms with Crippen LogP contribution in [0.1, 0.15) is 50.6 Å². The van der Waals surface area contributed by atoms with Crippen LogP contribution in [0.4, 0.5) is 9.18 Å². The number of hydrogen-bond acceptors (Lipinski definition) is 3. The second kappa shape index (κ2) is 10.0. The fourth-order valence-corrected chi connectivity index (χ4v) is 4.03. The van der Waals surface area contributed by atoms with E-state index in [0.29, 0.717) is 19.1 Å². The summed E-state index contributed by atoms with van der Waals surface area (Å²) in [6, 6.07) is 5.85. The molecule has 5 nitrogen and oxygen atoms in total. The monoisotopic (exact) mass is 377 g/mol. The van der Waals surface area contributed by atoms with E-state index in [-0.39, 0.29) is 24.0 Å². The molecule has 0 spiro atoms. The van der Waals surface area contributed by atoms with Crippen molar-refractivity contribution in [2.75, 3.05) is 32.8 Å². The summed E-state index contributed by atoms with van der Waals surface area (Å²) in [5.74, 6) is 0.127. The van der Waals surface area contributed by atoms with Crippen molar-refractivity contribution in [2.45, 2.75) is 51.2 Å². The first-order valence-electron chi connectivity index (χ1n) is 10.3. The number of rotatable bonds is 7. The van der Waals surface area contributed by atoms with Gasteiger partial charge in [0.05, 0.1) is 12.1 Å². The highest BCUT2D eigenvalue weighted by Gasteiger charge is 2.29. The molecule has 0 bridgehead atoms. The van der Waals surface area contributed by atoms with Crippen molar-refractivity contribution in [3.63, 3.8) is 0 Å². The van der Waals surface area contributed by atoms with Gasteiger partial charge in [0.25, 0.3) is 0 Å². The molecule has 1 aromatic rings. The third-order valence-corrected chi connectivity index (χ3v) is 5.48. The lowest BCUT2D eigenvalue weighted by Gasteiger charge is -2.29. The molecular weight excluding hydrogens is 345 g/mol. The summed E-state index contributed by atoms with van der Waals surface area (Å²) in [4.78, 5) is 15.0. The van der Waals surface area contributed by atoms with E-state index in [1.54, 1.807) is 12.1 Å². The molecular formula is C21H32FN3O2. The highest BCUT2D eigenvalue weighted by Crippen LogP contribution is 2.27. The molecule has 2 N–H and O–H groups in total. The van der Waals surface area contributed by atoms with Crippen LogP contribution < -0.4 is 10.6 Å². The van der Waals surface area contributed by atoms with Gasteiger partial charge in [0.15, 0.2) is 0 Å². The number of ether oxygens (including phenoxy) is 1. The van der Waals surface area contributed by atoms with E-state index in [4.69, 9.17) is 4.74 Å². The Morgan fingerprint density at radius 3 is 2.63 bits per heavy atom. The van der Waals surface area contributed by atoms with Crippen LogP contribution in [0.3, 0.4) is 0 Å². The molecule has 2 heterocycles. The predicted molar refractivity (Wildman–Crippen MR) is 104 cm³/mol. The zero-order valence-electron chi connectivity index (χ0n) is 16.3. The number of piperidine rings is 1. The molecule has 150 valence electrons. The lowest BCUT2D eigenvalue weighted by atomic mass is 9.99. The molecule has 2 aliphatic rings. The summed E-state index contributed by atoms with van der Waals surface area (Å²) in [7, 11) is 0. The smallest absolute Gasteiger partial charge is 0.315 e. The van der Waals surface area contributed by atoms with Crippen molar-refractivity contribution in [2.24, 2.45) is 5.92 Å². The van der Waals surface area contributed by atoms with Crippen LogP contribution in [-0.2, 0) is 4.74 Å². The van der Waals surface area contributed by atoms with E-state index in [1.165, 1.54) is 44.5 Å². The van der Waals surface area contributed by atoms with Gasteiger partial charge in [-0.15, -0.1) is 0 Å². The minimum atomic E-state index is -0.277. The Kier molecular flexibility index (Phi) is 7.47. The Labute approximate surface area is 161 Å². The molecule has 0 radical (unpaired) electrons. The summed E-state index contributed by atoms with van der Waals surface area (Å²) >= 11 is 0. The maximum Gasteiger partial charge on any atom is 0.315 e. The van der Waals surface area contributed by atoms with Crippen LogP contribution in [0.2, 0.25) is 0 Å². The summed E-state index contributed by atoms with van der Waals surface area (Å²) in [6.45, 7) is 6.88. The zero-order chi connectivity index (χ0) is 19.1. The van der Waals surface area contributed by atoms with Gasteiger partial charge >= 0.3 is 6.03 Å². The molecule has 0 aliphatic carbocycles. The van der Waals surface area contributed by atoms with Gasteiger partial charge in [-0.05, 0) is 62.4 Å². The molecule has 27 heavy (non-hydrogen) atoms. The molecule has 2 aliphatic heterocycles. The molecule has 0 aromatic heterocycles. The number of urea groups is 1. The minimum Gasteiger partial charge on any atom is -0.376 e. The summed E-state index contributed by atoms with van der Waals surface area (Å²) in [5, 5.41) is 6.04. The first-order chi connectivity index (χ1) is 13.1. The van der Waals surface area contributed by atoms with Crippen LogP contribution in [0, 0.1) is 11.7 Å². The van der Waals surface area contributed by atoms with Gasteiger partial charge in [-0.1, -0.05) is 25.5 Å². The van der Waals surface area contributed by atoms with Crippen molar-refractivity contribution in [1.82, 2.24) is 15.5 Å². The van der Waals surface area contributed by atoms with Gasteiger partial charge in [0, 0.05) is 19.7 Å². The van der Waals surface area contributed by atoms with Gasteiger partial charge < -0.3 is 20.3 Å². The highest BCUT2D eigenvalue weighted by atomic mass is 19.1. The second-order valence-corrected chi connectivity index (χ2v) is 7.90. The van der Waals surface area contributed by atoms with Gasteiger partial charge in [-0.2, -0.15) is 0 Å². The summed E-state index contributed by atoms with van der Waals surface area (Å²) in [6.07, 6.45) is 5.71. The highest BCUT2D eigenvalue weighted by molar-refractivity contribution is 5.74. The molecule has 0 unspecified atom stereocenters. The Morgan fingerprint density at radius 1 is 1.22 bits per heavy atom. The molecule has 3 rings (SSSR count). The average Bonchev–Trinajstić information content (AvgIpc) is 3.21. The van der Waals surface area contributed by atoms with Crippen LogP contribution in [0.25, 0.3) is 0 Å². The number of nitrogens with zero attached hydrogens (tertiary/aromatic N) is 1. The molecule has 2 saturated heterocycles. The topological polar surface area (TPSA) is 53.6 Å². The second-order valence-electron chi connectivity index (χ2n) is 7.90. The lowest BCUT2D eigenvalue weighted by molar-refractivity contribution is 0.0806. The minimum absolute atomic E-state index is 0.0630. The normalized spacial score (nSPS) is 23.0. The van der Waals surface area contributed by atoms with Crippen molar-refractivity contribution < 1.29 is 13.9 Å². The summed E-state index contributed by atoms with van der Waals surface area (Å²) < 4.78 is 19.0. The zero-order valence-corrected chi connectivity index (χ0v) is 16.3. The fourth-order valence-electron chi connectivity index (χ4n) is 4.03. The molecule has 0 saturated carbocycles. The van der Waals surface area contributed by atoms with Gasteiger partial charge in [-0.3, -0.25) is 0 Å². The first kappa shape index (κ1) is 20.1. The first-order valence-corrected chi connectivity index (χ1v) is 10.3. The van der Waals surface area contributed by atoms with E-state index in [2.05, 4.69) is 22.5 Å². The van der Waals surface area contributed by atoms with Crippen LogP contribution in [0.15, 0.2) is 24.3 Å². The SMILES string of the molecule is C[C@H](CNC(=O)N[C@@H](c1ccc(F)cc1)[C@H]1CCCO1)CN1CCCCC1. The van der Waals surface area contributed by atoms with Crippen LogP contribution >= 0.6 is 0 Å². The number of carbonyl (C=O) groups excluding carboxylic acids is 1. The Morgan fingerprint density at radius 2 is 1.96 bits per heavy atom. The maximum absolute atomic E-state index is 13.3. The van der Waals surface area contributed by atoms with E-state index in [1.807, 2.05) is 0 Å². The Balaban J connectivity index is 1.50. The number of halogens is 1. The van der Waals surface area contributed by atoms with Gasteiger partial charge in [0.1, 0.15) is 5.82 Å². The van der Waals surface area contributed by atoms with Crippen molar-refractivity contribution in [3.8, 4) is 0 Å². The molecule has 1 aromatic carbocycles. The summed E-state index contributed by atoms with van der Waals surface area (Å²) in [5.41, 5.74) is 0.875. The largest absolute Gasteiger partial charge is 0.376 e. The fraction of sp³-hybridized carbons (Fsp3) is 0.667. The van der Waals surface area contributed by atoms with Crippen molar-refractivity contribution in [3.05, 3.63) is 35.6 Å². The Hall–Kier alpha value is -1.66.